The number of carbonyl (C=O) groups is 2. The van der Waals surface area contributed by atoms with Crippen LogP contribution in [0.5, 0.6) is 0 Å². The average molecular weight is 402 g/mol. The van der Waals surface area contributed by atoms with E-state index in [2.05, 4.69) is 10.3 Å². The van der Waals surface area contributed by atoms with Crippen molar-refractivity contribution in [1.82, 2.24) is 19.6 Å². The molecule has 5 rings (SSSR count). The Bertz CT molecular complexity index is 1370. The molecule has 1 N–H and O–H groups in total. The molecule has 4 aromatic rings. The number of pyridine rings is 1. The number of hydrogen-bond donors (Lipinski definition) is 1. The van der Waals surface area contributed by atoms with Crippen LogP contribution in [0.1, 0.15) is 23.9 Å². The van der Waals surface area contributed by atoms with Crippen molar-refractivity contribution >= 4 is 28.6 Å². The third-order valence-electron chi connectivity index (χ3n) is 5.37. The molecule has 4 heterocycles. The second kappa shape index (κ2) is 6.28. The van der Waals surface area contributed by atoms with Gasteiger partial charge in [0.15, 0.2) is 5.54 Å². The van der Waals surface area contributed by atoms with Gasteiger partial charge in [-0.05, 0) is 37.6 Å². The summed E-state index contributed by atoms with van der Waals surface area (Å²) in [5, 5.41) is 3.56. The summed E-state index contributed by atoms with van der Waals surface area (Å²) in [5.74, 6) is -0.107. The van der Waals surface area contributed by atoms with Gasteiger partial charge in [0.2, 0.25) is 0 Å². The summed E-state index contributed by atoms with van der Waals surface area (Å²) >= 11 is 0. The van der Waals surface area contributed by atoms with Crippen LogP contribution in [0.25, 0.3) is 16.6 Å². The second-order valence-electron chi connectivity index (χ2n) is 7.62. The largest absolute Gasteiger partial charge is 0.458 e. The van der Waals surface area contributed by atoms with Gasteiger partial charge in [-0.15, -0.1) is 0 Å². The van der Waals surface area contributed by atoms with Gasteiger partial charge in [-0.2, -0.15) is 0 Å². The number of para-hydroxylation sites is 1. The van der Waals surface area contributed by atoms with E-state index < -0.39 is 17.5 Å². The summed E-state index contributed by atoms with van der Waals surface area (Å²) in [6.07, 6.45) is 1.70. The number of fused-ring (bicyclic) bond motifs is 2. The zero-order chi connectivity index (χ0) is 21.0. The average Bonchev–Trinajstić information content (AvgIpc) is 3.25. The highest BCUT2D eigenvalue weighted by atomic mass is 16.3. The normalized spacial score (nSPS) is 19.1. The van der Waals surface area contributed by atoms with E-state index in [9.17, 15) is 14.4 Å². The van der Waals surface area contributed by atoms with Gasteiger partial charge in [0, 0.05) is 17.6 Å². The first-order valence-electron chi connectivity index (χ1n) is 9.47. The number of aryl methyl sites for hydroxylation is 1. The molecule has 150 valence electrons. The molecule has 0 spiro atoms. The Balaban J connectivity index is 1.49. The molecule has 8 heteroatoms. The topological polar surface area (TPSA) is 96.9 Å². The fraction of sp³-hybridized carbons (Fsp3) is 0.182. The molecule has 3 aromatic heterocycles. The van der Waals surface area contributed by atoms with Crippen molar-refractivity contribution in [1.29, 1.82) is 0 Å². The molecule has 1 aromatic carbocycles. The van der Waals surface area contributed by atoms with Gasteiger partial charge in [-0.3, -0.25) is 18.9 Å². The summed E-state index contributed by atoms with van der Waals surface area (Å²) in [6.45, 7) is 3.38. The number of nitrogens with zero attached hydrogens (tertiary/aromatic N) is 3. The van der Waals surface area contributed by atoms with E-state index in [1.54, 1.807) is 31.3 Å². The minimum atomic E-state index is -1.33. The third-order valence-corrected chi connectivity index (χ3v) is 5.37. The van der Waals surface area contributed by atoms with Crippen LogP contribution >= 0.6 is 0 Å². The fourth-order valence-corrected chi connectivity index (χ4v) is 3.74. The Hall–Kier alpha value is -3.94. The maximum atomic E-state index is 13.2. The van der Waals surface area contributed by atoms with E-state index in [0.717, 1.165) is 15.8 Å². The van der Waals surface area contributed by atoms with Crippen molar-refractivity contribution in [3.05, 3.63) is 82.1 Å². The maximum Gasteiger partial charge on any atom is 0.325 e. The van der Waals surface area contributed by atoms with Crippen LogP contribution in [-0.4, -0.2) is 26.2 Å². The van der Waals surface area contributed by atoms with Crippen molar-refractivity contribution in [3.8, 4) is 0 Å². The summed E-state index contributed by atoms with van der Waals surface area (Å²) < 4.78 is 7.26. The molecule has 3 amide bonds. The molecule has 0 radical (unpaired) electrons. The van der Waals surface area contributed by atoms with Crippen molar-refractivity contribution in [2.24, 2.45) is 0 Å². The lowest BCUT2D eigenvalue weighted by Gasteiger charge is -2.19. The van der Waals surface area contributed by atoms with E-state index in [1.807, 2.05) is 31.2 Å². The molecule has 1 unspecified atom stereocenters. The molecular formula is C22H18N4O4. The van der Waals surface area contributed by atoms with Gasteiger partial charge in [0.1, 0.15) is 17.0 Å². The van der Waals surface area contributed by atoms with Crippen LogP contribution in [-0.2, 0) is 16.9 Å². The SMILES string of the molecule is Cc1ccc2nc(CN3C(=O)NC(C)(c4cc5ccccc5o4)C3=O)cc(=O)n2c1. The maximum absolute atomic E-state index is 13.2. The van der Waals surface area contributed by atoms with Crippen LogP contribution in [0.15, 0.2) is 63.9 Å². The van der Waals surface area contributed by atoms with Crippen LogP contribution in [0.4, 0.5) is 4.79 Å². The van der Waals surface area contributed by atoms with Crippen LogP contribution in [0.3, 0.4) is 0 Å². The van der Waals surface area contributed by atoms with Crippen molar-refractivity contribution in [2.75, 3.05) is 0 Å². The number of nitrogens with one attached hydrogen (secondary N) is 1. The van der Waals surface area contributed by atoms with E-state index in [0.29, 0.717) is 22.7 Å². The number of amides is 3. The summed E-state index contributed by atoms with van der Waals surface area (Å²) in [5.41, 5.74) is 0.741. The fourth-order valence-electron chi connectivity index (χ4n) is 3.74. The molecule has 1 aliphatic rings. The van der Waals surface area contributed by atoms with Gasteiger partial charge < -0.3 is 9.73 Å². The summed E-state index contributed by atoms with van der Waals surface area (Å²) in [6, 6.07) is 13.5. The van der Waals surface area contributed by atoms with Crippen molar-refractivity contribution < 1.29 is 14.0 Å². The summed E-state index contributed by atoms with van der Waals surface area (Å²) in [4.78, 5) is 43.7. The highest BCUT2D eigenvalue weighted by Gasteiger charge is 2.51. The first-order chi connectivity index (χ1) is 14.3. The number of benzene rings is 1. The Morgan fingerprint density at radius 1 is 1.10 bits per heavy atom. The van der Waals surface area contributed by atoms with E-state index >= 15 is 0 Å². The predicted octanol–water partition coefficient (Wildman–Crippen LogP) is 2.72. The molecule has 1 atom stereocenters. The molecule has 0 bridgehead atoms. The Kier molecular flexibility index (Phi) is 3.79. The van der Waals surface area contributed by atoms with E-state index in [1.165, 1.54) is 10.5 Å². The zero-order valence-electron chi connectivity index (χ0n) is 16.4. The lowest BCUT2D eigenvalue weighted by Crippen LogP contribution is -2.40. The summed E-state index contributed by atoms with van der Waals surface area (Å²) in [7, 11) is 0. The predicted molar refractivity (Wildman–Crippen MR) is 109 cm³/mol. The number of aromatic nitrogens is 2. The first kappa shape index (κ1) is 18.1. The number of furan rings is 1. The van der Waals surface area contributed by atoms with Gasteiger partial charge in [-0.25, -0.2) is 9.78 Å². The molecule has 30 heavy (non-hydrogen) atoms. The number of hydrogen-bond acceptors (Lipinski definition) is 5. The lowest BCUT2D eigenvalue weighted by molar-refractivity contribution is -0.132. The Labute approximate surface area is 170 Å². The Morgan fingerprint density at radius 3 is 2.70 bits per heavy atom. The minimum absolute atomic E-state index is 0.111. The van der Waals surface area contributed by atoms with E-state index in [-0.39, 0.29) is 12.1 Å². The first-order valence-corrected chi connectivity index (χ1v) is 9.47. The number of carbonyl (C=O) groups excluding carboxylic acids is 2. The van der Waals surface area contributed by atoms with Gasteiger partial charge in [-0.1, -0.05) is 24.3 Å². The smallest absolute Gasteiger partial charge is 0.325 e. The monoisotopic (exact) mass is 402 g/mol. The molecule has 8 nitrogen and oxygen atoms in total. The van der Waals surface area contributed by atoms with Crippen molar-refractivity contribution in [3.63, 3.8) is 0 Å². The highest BCUT2D eigenvalue weighted by Crippen LogP contribution is 2.33. The van der Waals surface area contributed by atoms with Crippen molar-refractivity contribution in [2.45, 2.75) is 25.9 Å². The van der Waals surface area contributed by atoms with Crippen LogP contribution in [0.2, 0.25) is 0 Å². The number of urea groups is 1. The Morgan fingerprint density at radius 2 is 1.90 bits per heavy atom. The number of imide groups is 1. The van der Waals surface area contributed by atoms with Gasteiger partial charge in [0.25, 0.3) is 11.5 Å². The molecule has 1 aliphatic heterocycles. The molecule has 1 saturated heterocycles. The third kappa shape index (κ3) is 2.68. The molecular weight excluding hydrogens is 384 g/mol. The van der Waals surface area contributed by atoms with E-state index in [4.69, 9.17) is 4.42 Å². The van der Waals surface area contributed by atoms with Gasteiger partial charge >= 0.3 is 6.03 Å². The van der Waals surface area contributed by atoms with Crippen LogP contribution < -0.4 is 10.9 Å². The lowest BCUT2D eigenvalue weighted by atomic mass is 9.99. The molecule has 0 aliphatic carbocycles. The quantitative estimate of drug-likeness (QED) is 0.532. The van der Waals surface area contributed by atoms with Crippen LogP contribution in [0, 0.1) is 6.92 Å². The minimum Gasteiger partial charge on any atom is -0.458 e. The highest BCUT2D eigenvalue weighted by molar-refractivity contribution is 6.07. The molecule has 1 fully saturated rings. The number of rotatable bonds is 3. The zero-order valence-corrected chi connectivity index (χ0v) is 16.4. The second-order valence-corrected chi connectivity index (χ2v) is 7.62. The standard InChI is InChI=1S/C22H18N4O4/c1-13-7-8-18-23-15(10-19(27)25(18)11-13)12-26-20(28)22(2,24-21(26)29)17-9-14-5-3-4-6-16(14)30-17/h3-11H,12H2,1-2H3,(H,24,29). The molecule has 0 saturated carbocycles. The van der Waals surface area contributed by atoms with Gasteiger partial charge in [0.05, 0.1) is 12.2 Å².